The molecule has 11 heterocycles. The van der Waals surface area contributed by atoms with Crippen LogP contribution in [0.3, 0.4) is 0 Å². The fourth-order valence-electron chi connectivity index (χ4n) is 13.4. The summed E-state index contributed by atoms with van der Waals surface area (Å²) in [5.41, 5.74) is 21.8. The number of nitrogens with one attached hydrogen (secondary N) is 2. The molecule has 0 unspecified atom stereocenters. The minimum Gasteiger partial charge on any atom is -0.399 e. The van der Waals surface area contributed by atoms with Crippen LogP contribution in [0.15, 0.2) is 175 Å². The minimum absolute atomic E-state index is 0.214. The lowest BCUT2D eigenvalue weighted by atomic mass is 9.66. The molecule has 6 aromatic heterocycles. The molecule has 19 heteroatoms. The van der Waals surface area contributed by atoms with E-state index in [1.54, 1.807) is 0 Å². The van der Waals surface area contributed by atoms with Crippen LogP contribution >= 0.6 is 15.9 Å². The van der Waals surface area contributed by atoms with Crippen LogP contribution in [0.2, 0.25) is 0 Å². The molecule has 17 rings (SSSR count). The molecule has 0 spiro atoms. The number of para-hydroxylation sites is 2. The number of pyridine rings is 4. The Labute approximate surface area is 546 Å². The Morgan fingerprint density at radius 2 is 0.989 bits per heavy atom. The van der Waals surface area contributed by atoms with E-state index in [4.69, 9.17) is 44.5 Å². The number of halogens is 1. The van der Waals surface area contributed by atoms with Gasteiger partial charge in [0, 0.05) is 89.8 Å². The van der Waals surface area contributed by atoms with Crippen molar-refractivity contribution < 1.29 is 18.8 Å². The van der Waals surface area contributed by atoms with E-state index in [1.165, 1.54) is 36.8 Å². The number of ether oxygens (including phenoxy) is 2. The summed E-state index contributed by atoms with van der Waals surface area (Å²) in [6.07, 6.45) is 14.6. The van der Waals surface area contributed by atoms with Gasteiger partial charge in [0.25, 0.3) is 0 Å². The van der Waals surface area contributed by atoms with Gasteiger partial charge in [0.05, 0.1) is 77.5 Å². The van der Waals surface area contributed by atoms with Crippen molar-refractivity contribution in [3.8, 4) is 67.9 Å². The Morgan fingerprint density at radius 1 is 0.500 bits per heavy atom. The molecular weight excluding hydrogens is 1210 g/mol. The first kappa shape index (κ1) is 59.7. The Bertz CT molecular complexity index is 4310. The first-order chi connectivity index (χ1) is 44.7. The summed E-state index contributed by atoms with van der Waals surface area (Å²) in [6.45, 7) is 17.1. The summed E-state index contributed by atoms with van der Waals surface area (Å²) >= 11 is 3.75. The molecule has 5 aliphatic heterocycles. The molecule has 4 aromatic carbocycles. The molecule has 2 saturated carbocycles. The van der Waals surface area contributed by atoms with E-state index in [1.807, 2.05) is 67.3 Å². The number of anilines is 6. The van der Waals surface area contributed by atoms with Crippen LogP contribution in [-0.4, -0.2) is 110 Å². The fraction of sp³-hybridized carbons (Fsp3) is 0.315. The molecule has 466 valence electrons. The fourth-order valence-corrected chi connectivity index (χ4v) is 13.9. The van der Waals surface area contributed by atoms with Gasteiger partial charge >= 0.3 is 7.12 Å². The van der Waals surface area contributed by atoms with Crippen LogP contribution < -0.4 is 31.6 Å². The maximum Gasteiger partial charge on any atom is 0.496 e. The van der Waals surface area contributed by atoms with Crippen molar-refractivity contribution in [2.75, 3.05) is 73.0 Å². The number of hydrogen-bond donors (Lipinski definition) is 3. The van der Waals surface area contributed by atoms with Crippen LogP contribution in [0.5, 0.6) is 0 Å². The molecular formula is C73H75BBrN13O4. The van der Waals surface area contributed by atoms with Gasteiger partial charge < -0.3 is 44.9 Å². The predicted molar refractivity (Wildman–Crippen MR) is 369 cm³/mol. The Hall–Kier alpha value is -8.56. The van der Waals surface area contributed by atoms with Crippen molar-refractivity contribution in [3.63, 3.8) is 0 Å². The lowest BCUT2D eigenvalue weighted by molar-refractivity contribution is 0.00578. The van der Waals surface area contributed by atoms with Crippen molar-refractivity contribution in [2.24, 2.45) is 5.73 Å². The highest BCUT2D eigenvalue weighted by Gasteiger charge is 2.52. The Morgan fingerprint density at radius 3 is 1.49 bits per heavy atom. The van der Waals surface area contributed by atoms with Gasteiger partial charge in [-0.05, 0) is 159 Å². The SMILES string of the molecule is CC1(C)OB(c2ccc(N3CCOCC3)nc2)OC1(C)C.CC1(c2ccc(-c3c(Br)nc4n3-c3cccnc3Nc3ccccc3-4)cc2)CCC1.NC1(c2ccc(-c3c(-c4ccc(N5CCOCC5)nc4)nc4n3-c3cccnc3Nc3ccccc3-4)cc2)CCC1. The average molecular weight is 1290 g/mol. The van der Waals surface area contributed by atoms with E-state index in [9.17, 15) is 0 Å². The van der Waals surface area contributed by atoms with E-state index in [0.29, 0.717) is 5.41 Å². The van der Waals surface area contributed by atoms with Crippen LogP contribution in [0.4, 0.5) is 34.6 Å². The first-order valence-corrected chi connectivity index (χ1v) is 33.0. The van der Waals surface area contributed by atoms with Crippen molar-refractivity contribution in [2.45, 2.75) is 95.3 Å². The molecule has 0 radical (unpaired) electrons. The second-order valence-corrected chi connectivity index (χ2v) is 26.9. The van der Waals surface area contributed by atoms with Gasteiger partial charge in [0.15, 0.2) is 11.6 Å². The van der Waals surface area contributed by atoms with E-state index < -0.39 is 0 Å². The second-order valence-electron chi connectivity index (χ2n) is 26.2. The molecule has 0 bridgehead atoms. The maximum absolute atomic E-state index is 6.68. The summed E-state index contributed by atoms with van der Waals surface area (Å²) < 4.78 is 28.3. The van der Waals surface area contributed by atoms with Crippen LogP contribution in [0, 0.1) is 0 Å². The molecule has 10 aromatic rings. The maximum atomic E-state index is 6.68. The van der Waals surface area contributed by atoms with Crippen LogP contribution in [0.25, 0.3) is 67.9 Å². The lowest BCUT2D eigenvalue weighted by Gasteiger charge is -2.39. The quantitative estimate of drug-likeness (QED) is 0.122. The molecule has 17 nitrogen and oxygen atoms in total. The van der Waals surface area contributed by atoms with E-state index in [0.717, 1.165) is 178 Å². The van der Waals surface area contributed by atoms with Crippen molar-refractivity contribution in [1.82, 2.24) is 39.0 Å². The first-order valence-electron chi connectivity index (χ1n) is 32.2. The van der Waals surface area contributed by atoms with Gasteiger partial charge in [-0.3, -0.25) is 9.13 Å². The van der Waals surface area contributed by atoms with Gasteiger partial charge in [-0.25, -0.2) is 29.9 Å². The summed E-state index contributed by atoms with van der Waals surface area (Å²) in [5.74, 6) is 5.33. The smallest absolute Gasteiger partial charge is 0.399 e. The highest BCUT2D eigenvalue weighted by Crippen LogP contribution is 2.48. The van der Waals surface area contributed by atoms with E-state index in [-0.39, 0.29) is 23.9 Å². The Balaban J connectivity index is 0.000000121. The topological polar surface area (TPSA) is 181 Å². The molecule has 92 heavy (non-hydrogen) atoms. The van der Waals surface area contributed by atoms with E-state index in [2.05, 4.69) is 193 Å². The third kappa shape index (κ3) is 11.0. The number of morpholine rings is 2. The molecule has 2 aliphatic carbocycles. The molecule has 0 atom stereocenters. The van der Waals surface area contributed by atoms with Crippen molar-refractivity contribution in [3.05, 3.63) is 186 Å². The van der Waals surface area contributed by atoms with Gasteiger partial charge in [-0.1, -0.05) is 92.2 Å². The normalized spacial score (nSPS) is 18.3. The zero-order valence-electron chi connectivity index (χ0n) is 52.7. The summed E-state index contributed by atoms with van der Waals surface area (Å²) in [5, 5.41) is 7.04. The number of nitrogens with two attached hydrogens (primary N) is 1. The van der Waals surface area contributed by atoms with Crippen molar-refractivity contribution in [1.29, 1.82) is 0 Å². The third-order valence-corrected chi connectivity index (χ3v) is 20.4. The lowest BCUT2D eigenvalue weighted by Crippen LogP contribution is -2.43. The number of aromatic nitrogens is 8. The van der Waals surface area contributed by atoms with Crippen molar-refractivity contribution >= 4 is 63.2 Å². The number of imidazole rings is 2. The monoisotopic (exact) mass is 1290 g/mol. The van der Waals surface area contributed by atoms with Gasteiger partial charge in [0.1, 0.15) is 27.9 Å². The summed E-state index contributed by atoms with van der Waals surface area (Å²) in [6, 6.07) is 50.7. The highest BCUT2D eigenvalue weighted by atomic mass is 79.9. The standard InChI is InChI=1S/C33H31N7O.C25H21BrN4.C15H23BN2O3/c34-33(14-4-15-33)24-11-8-22(9-12-24)30-29(23-10-13-28(36-21-23)39-17-19-41-20-18-39)38-32-25-5-1-2-6-26(25)37-31-27(40(30)32)7-3-16-35-31;1-25(13-5-14-25)17-11-9-16(10-12-17)21-22(26)29-24-18-6-2-3-7-19(18)28-23-20(30(21)24)8-4-15-27-23;1-14(2)15(3,4)21-16(20-14)12-5-6-13(17-11-12)18-7-9-19-10-8-18/h1-3,5-13,16,21H,4,14-15,17-20,34H2,(H,35,37);2-4,6-12,15H,5,13-14H2,1H3,(H,27,28);5-6,11H,7-10H2,1-4H3. The average Bonchev–Trinajstić information content (AvgIpc) is 1.61. The van der Waals surface area contributed by atoms with E-state index >= 15 is 0 Å². The molecule has 7 aliphatic rings. The highest BCUT2D eigenvalue weighted by molar-refractivity contribution is 9.10. The third-order valence-electron chi connectivity index (χ3n) is 19.9. The zero-order valence-corrected chi connectivity index (χ0v) is 54.3. The second kappa shape index (κ2) is 24.2. The molecule has 5 fully saturated rings. The number of hydrogen-bond acceptors (Lipinski definition) is 15. The Kier molecular flexibility index (Phi) is 15.7. The number of fused-ring (bicyclic) bond motifs is 10. The van der Waals surface area contributed by atoms with Crippen LogP contribution in [-0.2, 0) is 29.7 Å². The van der Waals surface area contributed by atoms with Gasteiger partial charge in [-0.2, -0.15) is 0 Å². The number of benzene rings is 4. The predicted octanol–water partition coefficient (Wildman–Crippen LogP) is 14.0. The summed E-state index contributed by atoms with van der Waals surface area (Å²) in [7, 11) is -0.346. The van der Waals surface area contributed by atoms with Gasteiger partial charge in [-0.15, -0.1) is 0 Å². The van der Waals surface area contributed by atoms with Gasteiger partial charge in [0.2, 0.25) is 0 Å². The number of nitrogens with zero attached hydrogens (tertiary/aromatic N) is 10. The minimum atomic E-state index is -0.346. The molecule has 0 amide bonds. The largest absolute Gasteiger partial charge is 0.496 e. The summed E-state index contributed by atoms with van der Waals surface area (Å²) in [4.78, 5) is 33.5. The zero-order chi connectivity index (χ0) is 62.8. The number of rotatable bonds is 8. The van der Waals surface area contributed by atoms with Crippen LogP contribution in [0.1, 0.15) is 84.3 Å². The molecule has 3 saturated heterocycles. The molecule has 4 N–H and O–H groups in total.